The van der Waals surface area contributed by atoms with E-state index in [-0.39, 0.29) is 18.0 Å². The lowest BCUT2D eigenvalue weighted by molar-refractivity contribution is -0.138. The van der Waals surface area contributed by atoms with Crippen LogP contribution in [0.5, 0.6) is 11.5 Å². The summed E-state index contributed by atoms with van der Waals surface area (Å²) in [5.74, 6) is 0.0627. The molecule has 1 aromatic rings. The minimum absolute atomic E-state index is 0.0182. The number of hydrogen-bond donors (Lipinski definition) is 2. The van der Waals surface area contributed by atoms with Crippen LogP contribution in [-0.2, 0) is 0 Å². The van der Waals surface area contributed by atoms with E-state index < -0.39 is 24.5 Å². The van der Waals surface area contributed by atoms with Crippen LogP contribution >= 0.6 is 0 Å². The molecule has 3 N–H and O–H groups in total. The van der Waals surface area contributed by atoms with E-state index in [2.05, 4.69) is 5.32 Å². The van der Waals surface area contributed by atoms with E-state index in [1.807, 2.05) is 0 Å². The van der Waals surface area contributed by atoms with E-state index in [9.17, 15) is 18.0 Å². The molecule has 0 aliphatic carbocycles. The molecule has 0 fully saturated rings. The molecule has 0 saturated carbocycles. The van der Waals surface area contributed by atoms with Crippen molar-refractivity contribution >= 4 is 11.6 Å². The second-order valence-corrected chi connectivity index (χ2v) is 4.49. The molecule has 1 heterocycles. The zero-order valence-electron chi connectivity index (χ0n) is 10.6. The quantitative estimate of drug-likeness (QED) is 0.836. The summed E-state index contributed by atoms with van der Waals surface area (Å²) in [6.07, 6.45) is -5.45. The molecule has 1 aliphatic heterocycles. The Morgan fingerprint density at radius 3 is 2.60 bits per heavy atom. The van der Waals surface area contributed by atoms with Crippen LogP contribution in [-0.4, -0.2) is 24.9 Å². The van der Waals surface area contributed by atoms with Crippen molar-refractivity contribution < 1.29 is 27.4 Å². The lowest BCUT2D eigenvalue weighted by Gasteiger charge is -2.16. The normalized spacial score (nSPS) is 15.0. The Balaban J connectivity index is 2.10. The first-order valence-corrected chi connectivity index (χ1v) is 5.83. The van der Waals surface area contributed by atoms with Crippen LogP contribution in [0.4, 0.5) is 18.9 Å². The number of ether oxygens (including phenoxy) is 2. The smallest absolute Gasteiger partial charge is 0.391 e. The molecule has 0 bridgehead atoms. The average Bonchev–Trinajstić information content (AvgIpc) is 2.71. The maximum atomic E-state index is 12.2. The molecule has 0 spiro atoms. The maximum Gasteiger partial charge on any atom is 0.391 e. The number of alkyl halides is 3. The van der Waals surface area contributed by atoms with Crippen LogP contribution in [0.15, 0.2) is 12.1 Å². The van der Waals surface area contributed by atoms with Crippen molar-refractivity contribution in [2.45, 2.75) is 25.6 Å². The van der Waals surface area contributed by atoms with Crippen molar-refractivity contribution in [2.75, 3.05) is 12.5 Å². The molecule has 8 heteroatoms. The van der Waals surface area contributed by atoms with Gasteiger partial charge in [0.1, 0.15) is 0 Å². The zero-order chi connectivity index (χ0) is 14.9. The Morgan fingerprint density at radius 2 is 2.00 bits per heavy atom. The topological polar surface area (TPSA) is 73.6 Å². The summed E-state index contributed by atoms with van der Waals surface area (Å²) < 4.78 is 46.8. The molecule has 0 radical (unpaired) electrons. The molecule has 1 atom stereocenters. The number of anilines is 1. The van der Waals surface area contributed by atoms with Gasteiger partial charge in [0.25, 0.3) is 5.91 Å². The number of fused-ring (bicyclic) bond motifs is 1. The van der Waals surface area contributed by atoms with Crippen LogP contribution in [0.3, 0.4) is 0 Å². The third kappa shape index (κ3) is 3.25. The third-order valence-corrected chi connectivity index (χ3v) is 2.70. The molecule has 0 saturated heterocycles. The van der Waals surface area contributed by atoms with Crippen molar-refractivity contribution in [3.8, 4) is 11.5 Å². The van der Waals surface area contributed by atoms with Gasteiger partial charge in [0.15, 0.2) is 11.5 Å². The number of benzene rings is 1. The van der Waals surface area contributed by atoms with Gasteiger partial charge in [-0.05, 0) is 13.0 Å². The van der Waals surface area contributed by atoms with Gasteiger partial charge in [-0.3, -0.25) is 4.79 Å². The lowest BCUT2D eigenvalue weighted by atomic mass is 10.1. The summed E-state index contributed by atoms with van der Waals surface area (Å²) in [5.41, 5.74) is 5.85. The van der Waals surface area contributed by atoms with Crippen molar-refractivity contribution in [2.24, 2.45) is 0 Å². The van der Waals surface area contributed by atoms with Crippen molar-refractivity contribution in [3.63, 3.8) is 0 Å². The van der Waals surface area contributed by atoms with Gasteiger partial charge < -0.3 is 20.5 Å². The lowest BCUT2D eigenvalue weighted by Crippen LogP contribution is -2.36. The van der Waals surface area contributed by atoms with Gasteiger partial charge in [0.2, 0.25) is 6.79 Å². The summed E-state index contributed by atoms with van der Waals surface area (Å²) >= 11 is 0. The molecular formula is C12H13F3N2O3. The Labute approximate surface area is 112 Å². The average molecular weight is 290 g/mol. The van der Waals surface area contributed by atoms with E-state index in [0.29, 0.717) is 11.5 Å². The Hall–Kier alpha value is -2.12. The summed E-state index contributed by atoms with van der Waals surface area (Å²) in [6, 6.07) is 1.71. The summed E-state index contributed by atoms with van der Waals surface area (Å²) in [4.78, 5) is 11.9. The molecule has 110 valence electrons. The predicted octanol–water partition coefficient (Wildman–Crippen LogP) is 2.07. The van der Waals surface area contributed by atoms with Crippen LogP contribution in [0.25, 0.3) is 0 Å². The number of nitrogens with two attached hydrogens (primary N) is 1. The van der Waals surface area contributed by atoms with Crippen LogP contribution in [0, 0.1) is 0 Å². The first-order chi connectivity index (χ1) is 9.26. The molecule has 1 amide bonds. The zero-order valence-corrected chi connectivity index (χ0v) is 10.6. The fourth-order valence-electron chi connectivity index (χ4n) is 1.85. The maximum absolute atomic E-state index is 12.2. The number of carbonyl (C=O) groups is 1. The highest BCUT2D eigenvalue weighted by Crippen LogP contribution is 2.36. The van der Waals surface area contributed by atoms with Crippen molar-refractivity contribution in [3.05, 3.63) is 17.7 Å². The highest BCUT2D eigenvalue weighted by Gasteiger charge is 2.31. The number of rotatable bonds is 3. The van der Waals surface area contributed by atoms with Gasteiger partial charge in [-0.2, -0.15) is 13.2 Å². The van der Waals surface area contributed by atoms with E-state index in [1.165, 1.54) is 19.1 Å². The predicted molar refractivity (Wildman–Crippen MR) is 64.6 cm³/mol. The van der Waals surface area contributed by atoms with Gasteiger partial charge in [0.05, 0.1) is 12.0 Å². The number of nitrogens with one attached hydrogen (secondary N) is 1. The number of amides is 1. The largest absolute Gasteiger partial charge is 0.454 e. The van der Waals surface area contributed by atoms with Gasteiger partial charge in [0, 0.05) is 17.8 Å². The van der Waals surface area contributed by atoms with Crippen LogP contribution in [0.1, 0.15) is 23.7 Å². The first-order valence-electron chi connectivity index (χ1n) is 5.83. The van der Waals surface area contributed by atoms with Gasteiger partial charge in [-0.25, -0.2) is 0 Å². The Bertz CT molecular complexity index is 531. The van der Waals surface area contributed by atoms with Gasteiger partial charge in [-0.1, -0.05) is 0 Å². The SMILES string of the molecule is CC(CC(F)(F)F)NC(=O)c1cc2c(cc1N)OCO2. The highest BCUT2D eigenvalue weighted by atomic mass is 19.4. The summed E-state index contributed by atoms with van der Waals surface area (Å²) in [7, 11) is 0. The summed E-state index contributed by atoms with van der Waals surface area (Å²) in [6.45, 7) is 1.29. The molecule has 1 aliphatic rings. The van der Waals surface area contributed by atoms with E-state index in [0.717, 1.165) is 0 Å². The second-order valence-electron chi connectivity index (χ2n) is 4.49. The summed E-state index contributed by atoms with van der Waals surface area (Å²) in [5, 5.41) is 2.25. The molecule has 0 aromatic heterocycles. The molecule has 1 unspecified atom stereocenters. The highest BCUT2D eigenvalue weighted by molar-refractivity contribution is 6.00. The Morgan fingerprint density at radius 1 is 1.40 bits per heavy atom. The molecule has 2 rings (SSSR count). The van der Waals surface area contributed by atoms with Crippen molar-refractivity contribution in [1.82, 2.24) is 5.32 Å². The minimum Gasteiger partial charge on any atom is -0.454 e. The molecule has 20 heavy (non-hydrogen) atoms. The Kier molecular flexibility index (Phi) is 3.65. The standard InChI is InChI=1S/C12H13F3N2O3/c1-6(4-12(13,14)15)17-11(18)7-2-9-10(3-8(7)16)20-5-19-9/h2-3,6H,4-5,16H2,1H3,(H,17,18). The minimum atomic E-state index is -4.34. The van der Waals surface area contributed by atoms with E-state index in [1.54, 1.807) is 0 Å². The van der Waals surface area contributed by atoms with Crippen LogP contribution in [0.2, 0.25) is 0 Å². The first kappa shape index (κ1) is 14.3. The monoisotopic (exact) mass is 290 g/mol. The van der Waals surface area contributed by atoms with E-state index >= 15 is 0 Å². The number of halogens is 3. The van der Waals surface area contributed by atoms with E-state index in [4.69, 9.17) is 15.2 Å². The van der Waals surface area contributed by atoms with Crippen molar-refractivity contribution in [1.29, 1.82) is 0 Å². The van der Waals surface area contributed by atoms with Crippen LogP contribution < -0.4 is 20.5 Å². The number of nitrogen functional groups attached to an aromatic ring is 1. The number of hydrogen-bond acceptors (Lipinski definition) is 4. The fourth-order valence-corrected chi connectivity index (χ4v) is 1.85. The fraction of sp³-hybridized carbons (Fsp3) is 0.417. The van der Waals surface area contributed by atoms with Gasteiger partial charge >= 0.3 is 6.18 Å². The second kappa shape index (κ2) is 5.10. The molecular weight excluding hydrogens is 277 g/mol. The molecule has 5 nitrogen and oxygen atoms in total. The molecule has 1 aromatic carbocycles. The number of carbonyl (C=O) groups excluding carboxylic acids is 1. The third-order valence-electron chi connectivity index (χ3n) is 2.70. The van der Waals surface area contributed by atoms with Gasteiger partial charge in [-0.15, -0.1) is 0 Å².